The topological polar surface area (TPSA) is 43.1 Å². The Hall–Kier alpha value is -1.04. The van der Waals surface area contributed by atoms with Gasteiger partial charge in [-0.2, -0.15) is 13.2 Å². The molecule has 1 atom stereocenters. The Labute approximate surface area is 98.8 Å². The van der Waals surface area contributed by atoms with Gasteiger partial charge in [0.25, 0.3) is 0 Å². The van der Waals surface area contributed by atoms with E-state index in [1.54, 1.807) is 0 Å². The molecule has 0 aliphatic heterocycles. The Kier molecular flexibility index (Phi) is 3.62. The van der Waals surface area contributed by atoms with Gasteiger partial charge in [0, 0.05) is 5.69 Å². The number of alkyl halides is 4. The van der Waals surface area contributed by atoms with Gasteiger partial charge >= 0.3 is 6.18 Å². The lowest BCUT2D eigenvalue weighted by molar-refractivity contribution is -0.137. The first kappa shape index (κ1) is 13.0. The van der Waals surface area contributed by atoms with Crippen molar-refractivity contribution in [2.24, 2.45) is 0 Å². The van der Waals surface area contributed by atoms with Crippen LogP contribution in [0.25, 0.3) is 0 Å². The molecule has 0 radical (unpaired) electrons. The van der Waals surface area contributed by atoms with Crippen LogP contribution in [0.3, 0.4) is 0 Å². The monoisotopic (exact) mass is 295 g/mol. The smallest absolute Gasteiger partial charge is 0.398 e. The number of ketones is 1. The van der Waals surface area contributed by atoms with Crippen LogP contribution in [0.1, 0.15) is 22.8 Å². The lowest BCUT2D eigenvalue weighted by Gasteiger charge is -2.14. The molecule has 1 unspecified atom stereocenters. The van der Waals surface area contributed by atoms with Gasteiger partial charge < -0.3 is 5.73 Å². The van der Waals surface area contributed by atoms with Gasteiger partial charge in [-0.1, -0.05) is 22.0 Å². The van der Waals surface area contributed by atoms with Crippen LogP contribution in [0.4, 0.5) is 18.9 Å². The molecular formula is C10H9BrF3NO. The van der Waals surface area contributed by atoms with Crippen molar-refractivity contribution in [1.29, 1.82) is 0 Å². The molecule has 1 aromatic carbocycles. The predicted molar refractivity (Wildman–Crippen MR) is 58.6 cm³/mol. The van der Waals surface area contributed by atoms with Crippen LogP contribution < -0.4 is 5.73 Å². The van der Waals surface area contributed by atoms with Crippen LogP contribution in [-0.2, 0) is 6.18 Å². The van der Waals surface area contributed by atoms with E-state index in [4.69, 9.17) is 5.73 Å². The summed E-state index contributed by atoms with van der Waals surface area (Å²) in [5, 5.41) is 0. The van der Waals surface area contributed by atoms with Gasteiger partial charge in [-0.25, -0.2) is 0 Å². The molecule has 0 bridgehead atoms. The molecule has 0 heterocycles. The molecule has 1 rings (SSSR count). The maximum absolute atomic E-state index is 12.6. The highest BCUT2D eigenvalue weighted by Gasteiger charge is 2.36. The third-order valence-electron chi connectivity index (χ3n) is 2.01. The van der Waals surface area contributed by atoms with E-state index in [0.717, 1.165) is 6.07 Å². The number of benzene rings is 1. The molecule has 2 nitrogen and oxygen atoms in total. The van der Waals surface area contributed by atoms with Crippen molar-refractivity contribution in [2.45, 2.75) is 17.9 Å². The second-order valence-electron chi connectivity index (χ2n) is 3.25. The molecule has 0 saturated heterocycles. The Morgan fingerprint density at radius 3 is 2.44 bits per heavy atom. The molecule has 0 amide bonds. The summed E-state index contributed by atoms with van der Waals surface area (Å²) in [5.74, 6) is -0.676. The van der Waals surface area contributed by atoms with E-state index in [9.17, 15) is 18.0 Å². The summed E-state index contributed by atoms with van der Waals surface area (Å²) < 4.78 is 37.9. The fourth-order valence-corrected chi connectivity index (χ4v) is 1.51. The number of hydrogen-bond acceptors (Lipinski definition) is 2. The fourth-order valence-electron chi connectivity index (χ4n) is 1.28. The molecular weight excluding hydrogens is 287 g/mol. The Balaban J connectivity index is 3.41. The van der Waals surface area contributed by atoms with Crippen molar-refractivity contribution in [3.8, 4) is 0 Å². The van der Waals surface area contributed by atoms with Crippen molar-refractivity contribution >= 4 is 27.4 Å². The minimum absolute atomic E-state index is 0.161. The lowest BCUT2D eigenvalue weighted by Crippen LogP contribution is -2.19. The second kappa shape index (κ2) is 4.45. The van der Waals surface area contributed by atoms with Gasteiger partial charge in [0.2, 0.25) is 0 Å². The largest absolute Gasteiger partial charge is 0.417 e. The van der Waals surface area contributed by atoms with Crippen molar-refractivity contribution < 1.29 is 18.0 Å². The van der Waals surface area contributed by atoms with Crippen LogP contribution in [0.15, 0.2) is 18.2 Å². The van der Waals surface area contributed by atoms with Gasteiger partial charge in [0.15, 0.2) is 5.78 Å². The highest BCUT2D eigenvalue weighted by Crippen LogP contribution is 2.35. The summed E-state index contributed by atoms with van der Waals surface area (Å²) in [5.41, 5.74) is 3.78. The van der Waals surface area contributed by atoms with Gasteiger partial charge in [-0.05, 0) is 19.1 Å². The average molecular weight is 296 g/mol. The van der Waals surface area contributed by atoms with E-state index < -0.39 is 27.9 Å². The maximum atomic E-state index is 12.6. The van der Waals surface area contributed by atoms with E-state index in [1.165, 1.54) is 19.1 Å². The summed E-state index contributed by atoms with van der Waals surface area (Å²) in [6.07, 6.45) is -4.58. The zero-order valence-electron chi connectivity index (χ0n) is 8.31. The van der Waals surface area contributed by atoms with E-state index in [2.05, 4.69) is 15.9 Å². The zero-order chi connectivity index (χ0) is 12.5. The van der Waals surface area contributed by atoms with E-state index in [-0.39, 0.29) is 5.69 Å². The summed E-state index contributed by atoms with van der Waals surface area (Å²) >= 11 is 2.94. The zero-order valence-corrected chi connectivity index (χ0v) is 9.89. The minimum Gasteiger partial charge on any atom is -0.398 e. The minimum atomic E-state index is -4.58. The molecule has 88 valence electrons. The number of rotatable bonds is 2. The number of carbonyl (C=O) groups excluding carboxylic acids is 1. The molecule has 0 aliphatic carbocycles. The van der Waals surface area contributed by atoms with Crippen molar-refractivity contribution in [3.05, 3.63) is 29.3 Å². The first-order chi connectivity index (χ1) is 7.25. The van der Waals surface area contributed by atoms with Crippen LogP contribution in [0.5, 0.6) is 0 Å². The predicted octanol–water partition coefficient (Wildman–Crippen LogP) is 3.25. The highest BCUT2D eigenvalue weighted by molar-refractivity contribution is 9.10. The Morgan fingerprint density at radius 1 is 1.44 bits per heavy atom. The quantitative estimate of drug-likeness (QED) is 0.517. The van der Waals surface area contributed by atoms with Gasteiger partial charge in [-0.15, -0.1) is 0 Å². The summed E-state index contributed by atoms with van der Waals surface area (Å²) in [6.45, 7) is 1.45. The molecule has 2 N–H and O–H groups in total. The molecule has 16 heavy (non-hydrogen) atoms. The SMILES string of the molecule is CC(Br)C(=O)c1c(N)cccc1C(F)(F)F. The molecule has 0 aliphatic rings. The molecule has 0 aromatic heterocycles. The van der Waals surface area contributed by atoms with Crippen LogP contribution in [-0.4, -0.2) is 10.6 Å². The number of hydrogen-bond donors (Lipinski definition) is 1. The second-order valence-corrected chi connectivity index (χ2v) is 4.62. The number of carbonyl (C=O) groups is 1. The average Bonchev–Trinajstić information content (AvgIpc) is 2.14. The highest BCUT2D eigenvalue weighted by atomic mass is 79.9. The number of anilines is 1. The molecule has 6 heteroatoms. The van der Waals surface area contributed by atoms with Gasteiger partial charge in [-0.3, -0.25) is 4.79 Å². The number of nitrogen functional groups attached to an aromatic ring is 1. The van der Waals surface area contributed by atoms with Crippen molar-refractivity contribution in [2.75, 3.05) is 5.73 Å². The van der Waals surface area contributed by atoms with Crippen molar-refractivity contribution in [3.63, 3.8) is 0 Å². The first-order valence-corrected chi connectivity index (χ1v) is 5.30. The molecule has 0 fully saturated rings. The van der Waals surface area contributed by atoms with Gasteiger partial charge in [0.1, 0.15) is 0 Å². The van der Waals surface area contributed by atoms with Crippen molar-refractivity contribution in [1.82, 2.24) is 0 Å². The van der Waals surface area contributed by atoms with Gasteiger partial charge in [0.05, 0.1) is 16.0 Å². The molecule has 0 spiro atoms. The molecule has 1 aromatic rings. The van der Waals surface area contributed by atoms with E-state index in [1.807, 2.05) is 0 Å². The van der Waals surface area contributed by atoms with Crippen LogP contribution in [0, 0.1) is 0 Å². The van der Waals surface area contributed by atoms with Crippen LogP contribution >= 0.6 is 15.9 Å². The number of nitrogens with two attached hydrogens (primary N) is 1. The Morgan fingerprint density at radius 2 is 2.00 bits per heavy atom. The standard InChI is InChI=1S/C10H9BrF3NO/c1-5(11)9(16)8-6(10(12,13)14)3-2-4-7(8)15/h2-5H,15H2,1H3. The third-order valence-corrected chi connectivity index (χ3v) is 2.43. The normalized spacial score (nSPS) is 13.6. The van der Waals surface area contributed by atoms with Crippen LogP contribution in [0.2, 0.25) is 0 Å². The van der Waals surface area contributed by atoms with E-state index in [0.29, 0.717) is 0 Å². The summed E-state index contributed by atoms with van der Waals surface area (Å²) in [7, 11) is 0. The Bertz CT molecular complexity index is 415. The number of Topliss-reactive ketones (excluding diaryl/α,β-unsaturated/α-hetero) is 1. The third kappa shape index (κ3) is 2.55. The summed E-state index contributed by atoms with van der Waals surface area (Å²) in [6, 6.07) is 3.30. The lowest BCUT2D eigenvalue weighted by atomic mass is 9.99. The molecule has 0 saturated carbocycles. The van der Waals surface area contributed by atoms with E-state index >= 15 is 0 Å². The number of halogens is 4. The maximum Gasteiger partial charge on any atom is 0.417 e. The fraction of sp³-hybridized carbons (Fsp3) is 0.300. The summed E-state index contributed by atoms with van der Waals surface area (Å²) in [4.78, 5) is 10.9. The first-order valence-electron chi connectivity index (χ1n) is 4.39.